The van der Waals surface area contributed by atoms with E-state index in [4.69, 9.17) is 51.1 Å². The fourth-order valence-electron chi connectivity index (χ4n) is 2.16. The van der Waals surface area contributed by atoms with Crippen LogP contribution in [0.1, 0.15) is 58.3 Å². The minimum atomic E-state index is -2.74. The summed E-state index contributed by atoms with van der Waals surface area (Å²) >= 11 is 0. The number of rotatable bonds is 15. The fraction of sp³-hybridized carbons (Fsp3) is 0.684. The average Bonchev–Trinajstić information content (AvgIpc) is 2.63. The maximum Gasteiger partial charge on any atom is 0.336 e. The second-order valence-corrected chi connectivity index (χ2v) is 7.38. The Morgan fingerprint density at radius 3 is 1.06 bits per heavy atom. The van der Waals surface area contributed by atoms with Crippen molar-refractivity contribution in [2.45, 2.75) is 75.6 Å². The van der Waals surface area contributed by atoms with E-state index in [0.29, 0.717) is 0 Å². The Kier molecular flexibility index (Phi) is 18.7. The van der Waals surface area contributed by atoms with E-state index >= 15 is 0 Å². The zero-order valence-electron chi connectivity index (χ0n) is 18.9. The third-order valence-electron chi connectivity index (χ3n) is 3.85. The first-order valence-corrected chi connectivity index (χ1v) is 9.90. The van der Waals surface area contributed by atoms with Crippen LogP contribution in [0.2, 0.25) is 0 Å². The molecule has 0 aromatic carbocycles. The maximum absolute atomic E-state index is 10.3. The monoisotopic (exact) mass is 516 g/mol. The van der Waals surface area contributed by atoms with Crippen LogP contribution in [0.5, 0.6) is 0 Å². The summed E-state index contributed by atoms with van der Waals surface area (Å²) in [5.74, 6) is -10.0. The van der Waals surface area contributed by atoms with E-state index in [1.54, 1.807) is 6.92 Å². The van der Waals surface area contributed by atoms with Crippen molar-refractivity contribution in [1.29, 1.82) is 0 Å². The lowest BCUT2D eigenvalue weighted by molar-refractivity contribution is -0.170. The molecule has 0 rings (SSSR count). The maximum atomic E-state index is 10.3. The number of hydrogen-bond acceptors (Lipinski definition) is 10. The minimum Gasteiger partial charge on any atom is -0.481 e. The number of aliphatic hydroxyl groups excluding tert-OH is 2. The predicted molar refractivity (Wildman–Crippen MR) is 111 cm³/mol. The molecular formula is C19H32O16. The molecule has 0 aliphatic carbocycles. The van der Waals surface area contributed by atoms with E-state index < -0.39 is 72.7 Å². The highest BCUT2D eigenvalue weighted by atomic mass is 16.4. The Bertz CT molecular complexity index is 630. The summed E-state index contributed by atoms with van der Waals surface area (Å²) in [6.45, 7) is 2.07. The normalized spacial score (nSPS) is 11.6. The number of carboxylic acid groups (broad SMARTS) is 6. The summed E-state index contributed by atoms with van der Waals surface area (Å²) < 4.78 is 0. The van der Waals surface area contributed by atoms with Gasteiger partial charge in [-0.2, -0.15) is 0 Å². The van der Waals surface area contributed by atoms with Crippen molar-refractivity contribution in [3.8, 4) is 0 Å². The van der Waals surface area contributed by atoms with Gasteiger partial charge in [0, 0.05) is 6.61 Å². The van der Waals surface area contributed by atoms with E-state index in [9.17, 15) is 28.8 Å². The van der Waals surface area contributed by atoms with Gasteiger partial charge in [-0.05, 0) is 19.8 Å². The fourth-order valence-corrected chi connectivity index (χ4v) is 2.16. The highest BCUT2D eigenvalue weighted by Crippen LogP contribution is 2.16. The molecule has 0 amide bonds. The Balaban J connectivity index is -0.000000448. The van der Waals surface area contributed by atoms with Crippen molar-refractivity contribution in [3.05, 3.63) is 0 Å². The van der Waals surface area contributed by atoms with Crippen LogP contribution in [0, 0.1) is 0 Å². The van der Waals surface area contributed by atoms with Gasteiger partial charge >= 0.3 is 35.8 Å². The molecule has 16 heteroatoms. The van der Waals surface area contributed by atoms with Crippen molar-refractivity contribution >= 4 is 35.8 Å². The molecule has 0 aromatic heterocycles. The van der Waals surface area contributed by atoms with Crippen LogP contribution in [-0.4, -0.2) is 111 Å². The number of aliphatic carboxylic acids is 6. The zero-order valence-corrected chi connectivity index (χ0v) is 18.9. The van der Waals surface area contributed by atoms with Crippen LogP contribution in [0.3, 0.4) is 0 Å². The second kappa shape index (κ2) is 18.0. The average molecular weight is 516 g/mol. The van der Waals surface area contributed by atoms with Crippen molar-refractivity contribution in [2.24, 2.45) is 0 Å². The van der Waals surface area contributed by atoms with Gasteiger partial charge in [0.25, 0.3) is 0 Å². The van der Waals surface area contributed by atoms with E-state index in [1.165, 1.54) is 0 Å². The van der Waals surface area contributed by atoms with Crippen molar-refractivity contribution < 1.29 is 79.8 Å². The van der Waals surface area contributed by atoms with Gasteiger partial charge in [-0.3, -0.25) is 19.2 Å². The molecule has 0 saturated heterocycles. The first-order valence-electron chi connectivity index (χ1n) is 9.90. The third kappa shape index (κ3) is 21.0. The molecule has 0 spiro atoms. The Hall–Kier alpha value is -3.34. The van der Waals surface area contributed by atoms with E-state index in [1.807, 2.05) is 0 Å². The van der Waals surface area contributed by atoms with Gasteiger partial charge in [-0.25, -0.2) is 9.59 Å². The molecule has 16 nitrogen and oxygen atoms in total. The molecule has 0 aromatic rings. The van der Waals surface area contributed by atoms with Gasteiger partial charge in [0.05, 0.1) is 31.8 Å². The van der Waals surface area contributed by atoms with Crippen LogP contribution >= 0.6 is 0 Å². The number of carbonyl (C=O) groups is 6. The lowest BCUT2D eigenvalue weighted by Crippen LogP contribution is -2.42. The minimum absolute atomic E-state index is 0.177. The Morgan fingerprint density at radius 1 is 0.600 bits per heavy atom. The molecule has 10 N–H and O–H groups in total. The standard InChI is InChI=1S/C7H16O2.2C6H8O7/c1-7(9)5-3-2-4-6-8;2*7-3(8)1-6(13,5(11)12)2-4(9)10/h7-9H,2-6H2,1H3;2*13H,1-2H2,(H,7,8)(H,9,10)(H,11,12). The molecule has 0 heterocycles. The summed E-state index contributed by atoms with van der Waals surface area (Å²) in [6, 6.07) is 0. The van der Waals surface area contributed by atoms with Crippen molar-refractivity contribution in [2.75, 3.05) is 6.61 Å². The molecule has 0 fully saturated rings. The molecule has 0 aliphatic heterocycles. The van der Waals surface area contributed by atoms with Crippen molar-refractivity contribution in [1.82, 2.24) is 0 Å². The van der Waals surface area contributed by atoms with Gasteiger partial charge in [0.1, 0.15) is 0 Å². The lowest BCUT2D eigenvalue weighted by atomic mass is 9.96. The van der Waals surface area contributed by atoms with Crippen LogP contribution < -0.4 is 0 Å². The Labute approximate surface area is 198 Å². The van der Waals surface area contributed by atoms with E-state index in [0.717, 1.165) is 25.7 Å². The molecule has 204 valence electrons. The summed E-state index contributed by atoms with van der Waals surface area (Å²) in [6.07, 6.45) is -0.970. The molecule has 1 atom stereocenters. The molecule has 1 unspecified atom stereocenters. The molecular weight excluding hydrogens is 484 g/mol. The number of hydrogen-bond donors (Lipinski definition) is 10. The molecule has 0 bridgehead atoms. The molecule has 0 saturated carbocycles. The van der Waals surface area contributed by atoms with Crippen LogP contribution in [-0.2, 0) is 28.8 Å². The highest BCUT2D eigenvalue weighted by Gasteiger charge is 2.41. The number of carboxylic acids is 6. The zero-order chi connectivity index (χ0) is 28.4. The van der Waals surface area contributed by atoms with Crippen LogP contribution in [0.25, 0.3) is 0 Å². The van der Waals surface area contributed by atoms with Gasteiger partial charge in [0.15, 0.2) is 11.2 Å². The SMILES string of the molecule is CC(O)CCCCCO.O=C(O)CC(O)(CC(=O)O)C(=O)O.O=C(O)CC(O)(CC(=O)O)C(=O)O. The predicted octanol–water partition coefficient (Wildman–Crippen LogP) is -1.58. The summed E-state index contributed by atoms with van der Waals surface area (Å²) in [5, 5.41) is 84.8. The summed E-state index contributed by atoms with van der Waals surface area (Å²) in [7, 11) is 0. The highest BCUT2D eigenvalue weighted by molar-refractivity contribution is 5.88. The third-order valence-corrected chi connectivity index (χ3v) is 3.85. The topological polar surface area (TPSA) is 305 Å². The van der Waals surface area contributed by atoms with Gasteiger partial charge in [-0.15, -0.1) is 0 Å². The van der Waals surface area contributed by atoms with E-state index in [-0.39, 0.29) is 12.7 Å². The van der Waals surface area contributed by atoms with Crippen LogP contribution in [0.4, 0.5) is 0 Å². The van der Waals surface area contributed by atoms with Crippen LogP contribution in [0.15, 0.2) is 0 Å². The first-order chi connectivity index (χ1) is 15.8. The van der Waals surface area contributed by atoms with Crippen molar-refractivity contribution in [3.63, 3.8) is 0 Å². The smallest absolute Gasteiger partial charge is 0.336 e. The van der Waals surface area contributed by atoms with Gasteiger partial charge in [-0.1, -0.05) is 12.8 Å². The summed E-state index contributed by atoms with van der Waals surface area (Å²) in [4.78, 5) is 61.0. The van der Waals surface area contributed by atoms with Gasteiger partial charge in [0.2, 0.25) is 0 Å². The van der Waals surface area contributed by atoms with Gasteiger partial charge < -0.3 is 51.1 Å². The molecule has 0 aliphatic rings. The molecule has 0 radical (unpaired) electrons. The first kappa shape index (κ1) is 36.2. The Morgan fingerprint density at radius 2 is 0.886 bits per heavy atom. The largest absolute Gasteiger partial charge is 0.481 e. The number of aliphatic hydroxyl groups is 4. The van der Waals surface area contributed by atoms with E-state index in [2.05, 4.69) is 0 Å². The molecule has 35 heavy (non-hydrogen) atoms. The second-order valence-electron chi connectivity index (χ2n) is 7.38. The summed E-state index contributed by atoms with van der Waals surface area (Å²) in [5.41, 5.74) is -5.48. The quantitative estimate of drug-likeness (QED) is 0.110. The lowest BCUT2D eigenvalue weighted by Gasteiger charge is -2.18. The number of unbranched alkanes of at least 4 members (excludes halogenated alkanes) is 2.